The molecule has 0 aromatic rings. The van der Waals surface area contributed by atoms with E-state index in [2.05, 4.69) is 13.8 Å². The van der Waals surface area contributed by atoms with Gasteiger partial charge in [-0.2, -0.15) is 0 Å². The molecule has 8 saturated carbocycles. The fourth-order valence-corrected chi connectivity index (χ4v) is 14.8. The van der Waals surface area contributed by atoms with Crippen LogP contribution in [0.4, 0.5) is 0 Å². The molecule has 8 aliphatic rings. The van der Waals surface area contributed by atoms with Crippen molar-refractivity contribution in [2.45, 2.75) is 168 Å². The third kappa shape index (κ3) is 6.08. The van der Waals surface area contributed by atoms with Crippen molar-refractivity contribution in [2.75, 3.05) is 0 Å². The van der Waals surface area contributed by atoms with Gasteiger partial charge in [-0.15, -0.1) is 0 Å². The molecule has 16 unspecified atom stereocenters. The maximum absolute atomic E-state index is 2.51. The molecule has 0 heterocycles. The van der Waals surface area contributed by atoms with Gasteiger partial charge in [0.1, 0.15) is 0 Å². The van der Waals surface area contributed by atoms with Gasteiger partial charge < -0.3 is 0 Å². The Morgan fingerprint density at radius 1 is 0.190 bits per heavy atom. The van der Waals surface area contributed by atoms with Crippen LogP contribution in [0.3, 0.4) is 0 Å². The summed E-state index contributed by atoms with van der Waals surface area (Å²) in [5.41, 5.74) is 0. The summed E-state index contributed by atoms with van der Waals surface area (Å²) in [4.78, 5) is 0. The van der Waals surface area contributed by atoms with Crippen LogP contribution in [-0.4, -0.2) is 0 Å². The molecule has 0 bridgehead atoms. The summed E-state index contributed by atoms with van der Waals surface area (Å²) >= 11 is 0. The molecule has 0 N–H and O–H groups in total. The Bertz CT molecular complexity index is 816. The van der Waals surface area contributed by atoms with Gasteiger partial charge >= 0.3 is 0 Å². The van der Waals surface area contributed by atoms with E-state index in [-0.39, 0.29) is 0 Å². The highest BCUT2D eigenvalue weighted by atomic mass is 14.5. The van der Waals surface area contributed by atoms with E-state index in [1.807, 2.05) is 0 Å². The molecule has 16 atom stereocenters. The minimum atomic E-state index is 1.03. The molecule has 0 spiro atoms. The van der Waals surface area contributed by atoms with Crippen molar-refractivity contribution < 1.29 is 0 Å². The second kappa shape index (κ2) is 12.7. The molecule has 8 fully saturated rings. The Morgan fingerprint density at radius 3 is 0.476 bits per heavy atom. The summed E-state index contributed by atoms with van der Waals surface area (Å²) in [6.07, 6.45) is 38.5. The number of rotatable bonds is 7. The first-order valence-corrected chi connectivity index (χ1v) is 20.6. The molecule has 42 heavy (non-hydrogen) atoms. The molecule has 0 heteroatoms. The second-order valence-corrected chi connectivity index (χ2v) is 19.4. The lowest BCUT2D eigenvalue weighted by Crippen LogP contribution is -2.16. The Kier molecular flexibility index (Phi) is 8.86. The van der Waals surface area contributed by atoms with Gasteiger partial charge in [-0.1, -0.05) is 26.7 Å². The molecule has 0 aromatic heterocycles. The lowest BCUT2D eigenvalue weighted by Gasteiger charge is -2.25. The second-order valence-electron chi connectivity index (χ2n) is 19.4. The van der Waals surface area contributed by atoms with E-state index < -0.39 is 0 Å². The van der Waals surface area contributed by atoms with Crippen molar-refractivity contribution in [1.82, 2.24) is 0 Å². The molecule has 0 amide bonds. The van der Waals surface area contributed by atoms with Crippen LogP contribution in [-0.2, 0) is 0 Å². The zero-order valence-corrected chi connectivity index (χ0v) is 28.2. The standard InChI is InChI=1S/C42H70/c1-27-3-5-29(19-27)31-7-9-33(21-31)35-11-13-37(23-35)39-15-17-41(25-39)42-18-16-40(26-42)38-14-12-36(24-38)34-10-8-32(22-34)30-6-4-28(2)20-30/h27-42H,3-26H2,1-2H3. The van der Waals surface area contributed by atoms with Crippen LogP contribution in [0.5, 0.6) is 0 Å². The first kappa shape index (κ1) is 29.4. The van der Waals surface area contributed by atoms with Gasteiger partial charge in [-0.05, 0) is 236 Å². The topological polar surface area (TPSA) is 0 Å². The number of hydrogen-bond acceptors (Lipinski definition) is 0. The average Bonchev–Trinajstić information content (AvgIpc) is 3.81. The minimum Gasteiger partial charge on any atom is -0.0625 e. The van der Waals surface area contributed by atoms with Crippen molar-refractivity contribution in [1.29, 1.82) is 0 Å². The van der Waals surface area contributed by atoms with Gasteiger partial charge in [0.05, 0.1) is 0 Å². The van der Waals surface area contributed by atoms with Crippen LogP contribution in [0.25, 0.3) is 0 Å². The summed E-state index contributed by atoms with van der Waals surface area (Å²) in [6, 6.07) is 0. The summed E-state index contributed by atoms with van der Waals surface area (Å²) in [5, 5.41) is 0. The van der Waals surface area contributed by atoms with Crippen LogP contribution in [0.15, 0.2) is 0 Å². The minimum absolute atomic E-state index is 1.03. The molecule has 0 radical (unpaired) electrons. The van der Waals surface area contributed by atoms with E-state index in [1.54, 1.807) is 141 Å². The van der Waals surface area contributed by atoms with E-state index >= 15 is 0 Å². The van der Waals surface area contributed by atoms with Gasteiger partial charge in [0.2, 0.25) is 0 Å². The molecular weight excluding hydrogens is 504 g/mol. The Morgan fingerprint density at radius 2 is 0.333 bits per heavy atom. The number of hydrogen-bond donors (Lipinski definition) is 0. The van der Waals surface area contributed by atoms with Crippen LogP contribution >= 0.6 is 0 Å². The molecule has 0 aliphatic heterocycles. The molecular formula is C42H70. The van der Waals surface area contributed by atoms with Crippen LogP contribution in [0.2, 0.25) is 0 Å². The van der Waals surface area contributed by atoms with Crippen molar-refractivity contribution in [3.63, 3.8) is 0 Å². The van der Waals surface area contributed by atoms with Gasteiger partial charge in [-0.3, -0.25) is 0 Å². The summed E-state index contributed by atoms with van der Waals surface area (Å²) < 4.78 is 0. The lowest BCUT2D eigenvalue weighted by molar-refractivity contribution is 0.251. The van der Waals surface area contributed by atoms with Crippen molar-refractivity contribution in [2.24, 2.45) is 94.7 Å². The molecule has 0 aromatic carbocycles. The fraction of sp³-hybridized carbons (Fsp3) is 1.00. The molecule has 238 valence electrons. The normalized spacial score (nSPS) is 55.0. The van der Waals surface area contributed by atoms with Crippen molar-refractivity contribution in [3.8, 4) is 0 Å². The average molecular weight is 575 g/mol. The van der Waals surface area contributed by atoms with E-state index in [0.29, 0.717) is 0 Å². The third-order valence-corrected chi connectivity index (χ3v) is 17.2. The summed E-state index contributed by atoms with van der Waals surface area (Å²) in [6.45, 7) is 5.03. The molecule has 8 rings (SSSR count). The first-order valence-electron chi connectivity index (χ1n) is 20.6. The van der Waals surface area contributed by atoms with E-state index in [4.69, 9.17) is 0 Å². The first-order chi connectivity index (χ1) is 20.6. The molecule has 8 aliphatic carbocycles. The highest BCUT2D eigenvalue weighted by Crippen LogP contribution is 2.57. The van der Waals surface area contributed by atoms with Gasteiger partial charge in [0.25, 0.3) is 0 Å². The lowest BCUT2D eigenvalue weighted by atomic mass is 9.81. The van der Waals surface area contributed by atoms with Crippen molar-refractivity contribution >= 4 is 0 Å². The van der Waals surface area contributed by atoms with E-state index in [9.17, 15) is 0 Å². The SMILES string of the molecule is CC1CCC(C2CCC(C3CCC(C4CCC(C5CCC(C6CCC(C7CCC(C8CCC(C)C8)C7)C6)C5)C4)C3)C2)C1. The Hall–Kier alpha value is 0. The predicted octanol–water partition coefficient (Wildman–Crippen LogP) is 12.4. The molecule has 0 nitrogen and oxygen atoms in total. The van der Waals surface area contributed by atoms with Crippen LogP contribution in [0.1, 0.15) is 168 Å². The van der Waals surface area contributed by atoms with Crippen LogP contribution < -0.4 is 0 Å². The van der Waals surface area contributed by atoms with Crippen molar-refractivity contribution in [3.05, 3.63) is 0 Å². The zero-order valence-electron chi connectivity index (χ0n) is 28.2. The highest BCUT2D eigenvalue weighted by Gasteiger charge is 2.46. The smallest absolute Gasteiger partial charge is 0.0383 e. The van der Waals surface area contributed by atoms with Gasteiger partial charge in [0, 0.05) is 0 Å². The summed E-state index contributed by atoms with van der Waals surface area (Å²) in [7, 11) is 0. The van der Waals surface area contributed by atoms with Gasteiger partial charge in [-0.25, -0.2) is 0 Å². The van der Waals surface area contributed by atoms with Crippen LogP contribution in [0, 0.1) is 94.7 Å². The maximum atomic E-state index is 2.51. The molecule has 0 saturated heterocycles. The van der Waals surface area contributed by atoms with Gasteiger partial charge in [0.15, 0.2) is 0 Å². The quantitative estimate of drug-likeness (QED) is 0.284. The predicted molar refractivity (Wildman–Crippen MR) is 178 cm³/mol. The van der Waals surface area contributed by atoms with E-state index in [1.165, 1.54) is 12.8 Å². The fourth-order valence-electron chi connectivity index (χ4n) is 14.8. The zero-order chi connectivity index (χ0) is 28.2. The largest absolute Gasteiger partial charge is 0.0625 e. The monoisotopic (exact) mass is 575 g/mol. The Balaban J connectivity index is 0.765. The summed E-state index contributed by atoms with van der Waals surface area (Å²) in [5.74, 6) is 17.8. The highest BCUT2D eigenvalue weighted by molar-refractivity contribution is 4.96. The maximum Gasteiger partial charge on any atom is -0.0383 e. The Labute approximate surface area is 262 Å². The van der Waals surface area contributed by atoms with E-state index in [0.717, 1.165) is 94.7 Å². The third-order valence-electron chi connectivity index (χ3n) is 17.2.